The molecule has 2 aromatic rings. The van der Waals surface area contributed by atoms with Crippen molar-refractivity contribution in [3.05, 3.63) is 47.5 Å². The number of pyridine rings is 1. The van der Waals surface area contributed by atoms with Crippen molar-refractivity contribution in [3.8, 4) is 0 Å². The van der Waals surface area contributed by atoms with Gasteiger partial charge in [0.1, 0.15) is 6.54 Å². The zero-order chi connectivity index (χ0) is 17.8. The molecule has 7 nitrogen and oxygen atoms in total. The Bertz CT molecular complexity index is 770. The molecule has 1 aliphatic rings. The molecule has 2 amide bonds. The molecule has 0 aromatic carbocycles. The Labute approximate surface area is 147 Å². The number of aryl methyl sites for hydroxylation is 1. The first-order valence-electron chi connectivity index (χ1n) is 8.51. The monoisotopic (exact) mass is 341 g/mol. The van der Waals surface area contributed by atoms with Crippen LogP contribution in [0, 0.1) is 6.92 Å². The minimum atomic E-state index is -0.0839. The van der Waals surface area contributed by atoms with Crippen LogP contribution in [0.5, 0.6) is 0 Å². The van der Waals surface area contributed by atoms with Crippen molar-refractivity contribution in [2.45, 2.75) is 45.8 Å². The lowest BCUT2D eigenvalue weighted by Crippen LogP contribution is -2.33. The topological polar surface area (TPSA) is 80.1 Å². The molecule has 0 spiro atoms. The Morgan fingerprint density at radius 1 is 1.40 bits per heavy atom. The number of hydrogen-bond acceptors (Lipinski definition) is 4. The van der Waals surface area contributed by atoms with E-state index in [1.54, 1.807) is 17.1 Å². The summed E-state index contributed by atoms with van der Waals surface area (Å²) in [4.78, 5) is 30.0. The predicted octanol–water partition coefficient (Wildman–Crippen LogP) is 1.59. The summed E-state index contributed by atoms with van der Waals surface area (Å²) in [5.74, 6) is -0.00906. The van der Waals surface area contributed by atoms with Crippen molar-refractivity contribution in [1.82, 2.24) is 25.0 Å². The molecule has 3 rings (SSSR count). The van der Waals surface area contributed by atoms with Crippen LogP contribution in [0.2, 0.25) is 0 Å². The summed E-state index contributed by atoms with van der Waals surface area (Å²) < 4.78 is 1.68. The second-order valence-electron chi connectivity index (χ2n) is 6.45. The molecular weight excluding hydrogens is 318 g/mol. The molecule has 0 saturated carbocycles. The number of likely N-dealkylation sites (tertiary alicyclic amines) is 1. The van der Waals surface area contributed by atoms with Gasteiger partial charge in [-0.05, 0) is 43.0 Å². The highest BCUT2D eigenvalue weighted by Gasteiger charge is 2.30. The van der Waals surface area contributed by atoms with Gasteiger partial charge in [-0.1, -0.05) is 0 Å². The van der Waals surface area contributed by atoms with Crippen molar-refractivity contribution >= 4 is 11.8 Å². The van der Waals surface area contributed by atoms with Gasteiger partial charge in [-0.25, -0.2) is 0 Å². The summed E-state index contributed by atoms with van der Waals surface area (Å²) in [6.07, 6.45) is 7.29. The Hall–Kier alpha value is -2.70. The molecule has 7 heteroatoms. The first-order chi connectivity index (χ1) is 12.0. The molecule has 0 radical (unpaired) electrons. The van der Waals surface area contributed by atoms with E-state index >= 15 is 0 Å². The maximum absolute atomic E-state index is 12.7. The third kappa shape index (κ3) is 4.23. The summed E-state index contributed by atoms with van der Waals surface area (Å²) >= 11 is 0. The molecule has 2 aromatic heterocycles. The minimum Gasteiger partial charge on any atom is -0.351 e. The van der Waals surface area contributed by atoms with E-state index in [1.807, 2.05) is 30.2 Å². The van der Waals surface area contributed by atoms with Crippen LogP contribution in [0.4, 0.5) is 0 Å². The maximum atomic E-state index is 12.7. The smallest absolute Gasteiger partial charge is 0.244 e. The molecule has 0 aliphatic carbocycles. The number of aromatic nitrogens is 3. The first-order valence-corrected chi connectivity index (χ1v) is 8.51. The molecule has 0 bridgehead atoms. The Morgan fingerprint density at radius 3 is 2.96 bits per heavy atom. The first kappa shape index (κ1) is 17.1. The van der Waals surface area contributed by atoms with Crippen molar-refractivity contribution in [2.75, 3.05) is 6.54 Å². The number of carbonyl (C=O) groups is 2. The van der Waals surface area contributed by atoms with Gasteiger partial charge in [0.15, 0.2) is 0 Å². The van der Waals surface area contributed by atoms with Crippen molar-refractivity contribution in [2.24, 2.45) is 0 Å². The average Bonchev–Trinajstić information content (AvgIpc) is 3.22. The normalized spacial score (nSPS) is 16.9. The second kappa shape index (κ2) is 7.46. The van der Waals surface area contributed by atoms with E-state index in [0.717, 1.165) is 36.2 Å². The number of hydrogen-bond donors (Lipinski definition) is 1. The van der Waals surface area contributed by atoms with Crippen LogP contribution in [-0.4, -0.2) is 38.0 Å². The van der Waals surface area contributed by atoms with Crippen LogP contribution in [0.1, 0.15) is 42.6 Å². The number of carbonyl (C=O) groups excluding carboxylic acids is 2. The summed E-state index contributed by atoms with van der Waals surface area (Å²) in [5, 5.41) is 6.95. The molecule has 1 aliphatic heterocycles. The largest absolute Gasteiger partial charge is 0.351 e. The van der Waals surface area contributed by atoms with Crippen LogP contribution in [-0.2, 0) is 22.7 Å². The van der Waals surface area contributed by atoms with E-state index in [0.29, 0.717) is 6.54 Å². The van der Waals surface area contributed by atoms with E-state index in [9.17, 15) is 9.59 Å². The standard InChI is InChI=1S/C18H23N5O2/c1-13-9-21-22(11-13)12-18(25)23-7-3-4-17(23)15-5-6-19-16(8-15)10-20-14(2)24/h5-6,8-9,11,17H,3-4,7,10,12H2,1-2H3,(H,20,24). The molecule has 132 valence electrons. The fourth-order valence-electron chi connectivity index (χ4n) is 3.21. The number of nitrogens with one attached hydrogen (secondary N) is 1. The third-order valence-electron chi connectivity index (χ3n) is 4.38. The Balaban J connectivity index is 1.71. The Kier molecular flexibility index (Phi) is 5.11. The van der Waals surface area contributed by atoms with Crippen molar-refractivity contribution in [1.29, 1.82) is 0 Å². The lowest BCUT2D eigenvalue weighted by Gasteiger charge is -2.25. The highest BCUT2D eigenvalue weighted by molar-refractivity contribution is 5.76. The van der Waals surface area contributed by atoms with E-state index in [1.165, 1.54) is 6.92 Å². The summed E-state index contributed by atoms with van der Waals surface area (Å²) in [7, 11) is 0. The van der Waals surface area contributed by atoms with Crippen molar-refractivity contribution < 1.29 is 9.59 Å². The number of rotatable bonds is 5. The van der Waals surface area contributed by atoms with Crippen molar-refractivity contribution in [3.63, 3.8) is 0 Å². The summed E-state index contributed by atoms with van der Waals surface area (Å²) in [5.41, 5.74) is 2.91. The highest BCUT2D eigenvalue weighted by Crippen LogP contribution is 2.32. The van der Waals surface area contributed by atoms with Gasteiger partial charge >= 0.3 is 0 Å². The van der Waals surface area contributed by atoms with E-state index in [-0.39, 0.29) is 24.4 Å². The average molecular weight is 341 g/mol. The fraction of sp³-hybridized carbons (Fsp3) is 0.444. The zero-order valence-corrected chi connectivity index (χ0v) is 14.6. The van der Waals surface area contributed by atoms with Crippen LogP contribution in [0.25, 0.3) is 0 Å². The van der Waals surface area contributed by atoms with Crippen LogP contribution in [0.3, 0.4) is 0 Å². The van der Waals surface area contributed by atoms with Gasteiger partial charge < -0.3 is 10.2 Å². The van der Waals surface area contributed by atoms with Gasteiger partial charge in [0, 0.05) is 25.9 Å². The minimum absolute atomic E-state index is 0.0586. The molecule has 1 N–H and O–H groups in total. The molecule has 3 heterocycles. The quantitative estimate of drug-likeness (QED) is 0.895. The maximum Gasteiger partial charge on any atom is 0.244 e. The lowest BCUT2D eigenvalue weighted by molar-refractivity contribution is -0.133. The molecule has 1 atom stereocenters. The predicted molar refractivity (Wildman–Crippen MR) is 92.4 cm³/mol. The Morgan fingerprint density at radius 2 is 2.24 bits per heavy atom. The number of amides is 2. The third-order valence-corrected chi connectivity index (χ3v) is 4.38. The van der Waals surface area contributed by atoms with E-state index in [2.05, 4.69) is 15.4 Å². The zero-order valence-electron chi connectivity index (χ0n) is 14.6. The van der Waals surface area contributed by atoms with E-state index < -0.39 is 0 Å². The van der Waals surface area contributed by atoms with Gasteiger partial charge in [-0.2, -0.15) is 5.10 Å². The molecule has 1 unspecified atom stereocenters. The SMILES string of the molecule is CC(=O)NCc1cc(C2CCCN2C(=O)Cn2cc(C)cn2)ccn1. The van der Waals surface area contributed by atoms with Gasteiger partial charge in [-0.15, -0.1) is 0 Å². The molecular formula is C18H23N5O2. The van der Waals surface area contributed by atoms with Gasteiger partial charge in [0.05, 0.1) is 24.5 Å². The lowest BCUT2D eigenvalue weighted by atomic mass is 10.0. The summed E-state index contributed by atoms with van der Waals surface area (Å²) in [6.45, 7) is 4.86. The van der Waals surface area contributed by atoms with E-state index in [4.69, 9.17) is 0 Å². The van der Waals surface area contributed by atoms with Gasteiger partial charge in [0.25, 0.3) is 0 Å². The number of nitrogens with zero attached hydrogens (tertiary/aromatic N) is 4. The highest BCUT2D eigenvalue weighted by atomic mass is 16.2. The van der Waals surface area contributed by atoms with Gasteiger partial charge in [-0.3, -0.25) is 19.3 Å². The fourth-order valence-corrected chi connectivity index (χ4v) is 3.21. The molecule has 25 heavy (non-hydrogen) atoms. The van der Waals surface area contributed by atoms with Gasteiger partial charge in [0.2, 0.25) is 11.8 Å². The van der Waals surface area contributed by atoms with Crippen LogP contribution in [0.15, 0.2) is 30.7 Å². The van der Waals surface area contributed by atoms with Crippen LogP contribution < -0.4 is 5.32 Å². The summed E-state index contributed by atoms with van der Waals surface area (Å²) in [6, 6.07) is 3.98. The molecule has 1 saturated heterocycles. The molecule has 1 fully saturated rings. The second-order valence-corrected chi connectivity index (χ2v) is 6.45. The van der Waals surface area contributed by atoms with Crippen LogP contribution >= 0.6 is 0 Å².